The molecule has 31 heavy (non-hydrogen) atoms. The van der Waals surface area contributed by atoms with Crippen LogP contribution in [0.4, 0.5) is 0 Å². The summed E-state index contributed by atoms with van der Waals surface area (Å²) in [5.74, 6) is 1.63. The number of carbonyl (C=O) groups is 1. The highest BCUT2D eigenvalue weighted by molar-refractivity contribution is 14.0. The van der Waals surface area contributed by atoms with Gasteiger partial charge in [-0.15, -0.1) is 24.0 Å². The van der Waals surface area contributed by atoms with Gasteiger partial charge in [0.2, 0.25) is 0 Å². The Morgan fingerprint density at radius 3 is 2.39 bits per heavy atom. The maximum Gasteiger partial charge on any atom is 0.251 e. The van der Waals surface area contributed by atoms with Gasteiger partial charge in [-0.2, -0.15) is 0 Å². The summed E-state index contributed by atoms with van der Waals surface area (Å²) < 4.78 is 5.44. The van der Waals surface area contributed by atoms with Gasteiger partial charge in [-0.3, -0.25) is 4.79 Å². The number of aromatic nitrogens is 1. The predicted molar refractivity (Wildman–Crippen MR) is 136 cm³/mol. The van der Waals surface area contributed by atoms with Crippen molar-refractivity contribution < 1.29 is 9.32 Å². The van der Waals surface area contributed by atoms with Crippen LogP contribution >= 0.6 is 24.0 Å². The van der Waals surface area contributed by atoms with Gasteiger partial charge in [-0.05, 0) is 37.5 Å². The third-order valence-electron chi connectivity index (χ3n) is 4.84. The molecule has 1 aromatic carbocycles. The summed E-state index contributed by atoms with van der Waals surface area (Å²) in [5, 5.41) is 13.7. The van der Waals surface area contributed by atoms with E-state index in [2.05, 4.69) is 46.9 Å². The average molecular weight is 541 g/mol. The number of guanidine groups is 1. The number of carbonyl (C=O) groups excluding carboxylic acids is 1. The van der Waals surface area contributed by atoms with Crippen molar-refractivity contribution >= 4 is 35.8 Å². The molecule has 0 aliphatic carbocycles. The Balaban J connectivity index is 0.00000480. The summed E-state index contributed by atoms with van der Waals surface area (Å²) in [4.78, 5) is 16.8. The summed E-state index contributed by atoms with van der Waals surface area (Å²) >= 11 is 0. The standard InChI is InChI=1S/C23H35N5O2.HI/c1-5-9-14-25-22(29)18-12-10-17(11-13-18)15-26-23(24-8-4)27-16-19-20(6-2)28-30-21(19)7-3;/h10-13H,5-9,14-16H2,1-4H3,(H,25,29)(H2,24,26,27);1H. The maximum atomic E-state index is 12.1. The Morgan fingerprint density at radius 2 is 1.77 bits per heavy atom. The molecule has 0 spiro atoms. The Labute approximate surface area is 202 Å². The van der Waals surface area contributed by atoms with E-state index >= 15 is 0 Å². The van der Waals surface area contributed by atoms with Crippen molar-refractivity contribution in [1.29, 1.82) is 0 Å². The molecule has 3 N–H and O–H groups in total. The molecule has 0 bridgehead atoms. The largest absolute Gasteiger partial charge is 0.361 e. The lowest BCUT2D eigenvalue weighted by Gasteiger charge is -2.12. The van der Waals surface area contributed by atoms with E-state index in [1.54, 1.807) is 0 Å². The molecule has 0 saturated carbocycles. The molecule has 1 aromatic heterocycles. The minimum Gasteiger partial charge on any atom is -0.361 e. The number of unbranched alkanes of at least 4 members (excludes halogenated alkanes) is 1. The summed E-state index contributed by atoms with van der Waals surface area (Å²) in [5.41, 5.74) is 3.83. The highest BCUT2D eigenvalue weighted by Gasteiger charge is 2.13. The molecule has 1 amide bonds. The third-order valence-corrected chi connectivity index (χ3v) is 4.84. The maximum absolute atomic E-state index is 12.1. The number of benzene rings is 1. The van der Waals surface area contributed by atoms with Crippen LogP contribution in [0.15, 0.2) is 33.8 Å². The van der Waals surface area contributed by atoms with E-state index in [9.17, 15) is 4.79 Å². The molecule has 0 unspecified atom stereocenters. The highest BCUT2D eigenvalue weighted by Crippen LogP contribution is 2.15. The third kappa shape index (κ3) is 8.51. The number of aryl methyl sites for hydroxylation is 2. The lowest BCUT2D eigenvalue weighted by Crippen LogP contribution is -2.37. The first-order valence-electron chi connectivity index (χ1n) is 11.0. The van der Waals surface area contributed by atoms with Crippen LogP contribution in [0.1, 0.15) is 73.5 Å². The normalized spacial score (nSPS) is 11.0. The SMILES string of the molecule is CCCCNC(=O)c1ccc(CN=C(NCC)NCc2c(CC)noc2CC)cc1.I. The molecule has 0 saturated heterocycles. The molecule has 0 aliphatic rings. The monoisotopic (exact) mass is 541 g/mol. The smallest absolute Gasteiger partial charge is 0.251 e. The first-order valence-corrected chi connectivity index (χ1v) is 11.0. The zero-order valence-electron chi connectivity index (χ0n) is 19.1. The molecular weight excluding hydrogens is 505 g/mol. The van der Waals surface area contributed by atoms with Gasteiger partial charge in [0, 0.05) is 37.2 Å². The molecule has 2 rings (SSSR count). The summed E-state index contributed by atoms with van der Waals surface area (Å²) in [6.07, 6.45) is 3.71. The molecule has 0 atom stereocenters. The predicted octanol–water partition coefficient (Wildman–Crippen LogP) is 4.20. The molecule has 172 valence electrons. The lowest BCUT2D eigenvalue weighted by molar-refractivity contribution is 0.0953. The van der Waals surface area contributed by atoms with Crippen molar-refractivity contribution in [2.24, 2.45) is 4.99 Å². The highest BCUT2D eigenvalue weighted by atomic mass is 127. The molecule has 0 aliphatic heterocycles. The zero-order valence-corrected chi connectivity index (χ0v) is 21.4. The van der Waals surface area contributed by atoms with Crippen LogP contribution in [0.25, 0.3) is 0 Å². The van der Waals surface area contributed by atoms with Gasteiger partial charge in [0.05, 0.1) is 12.2 Å². The van der Waals surface area contributed by atoms with Crippen molar-refractivity contribution in [2.75, 3.05) is 13.1 Å². The van der Waals surface area contributed by atoms with E-state index in [1.807, 2.05) is 31.2 Å². The van der Waals surface area contributed by atoms with Crippen LogP contribution in [0.3, 0.4) is 0 Å². The van der Waals surface area contributed by atoms with Gasteiger partial charge in [-0.1, -0.05) is 44.5 Å². The van der Waals surface area contributed by atoms with Crippen molar-refractivity contribution in [2.45, 2.75) is 66.5 Å². The number of halogens is 1. The fourth-order valence-corrected chi connectivity index (χ4v) is 3.06. The van der Waals surface area contributed by atoms with Gasteiger partial charge < -0.3 is 20.5 Å². The summed E-state index contributed by atoms with van der Waals surface area (Å²) in [6, 6.07) is 7.60. The van der Waals surface area contributed by atoms with E-state index in [0.29, 0.717) is 25.2 Å². The number of nitrogens with one attached hydrogen (secondary N) is 3. The van der Waals surface area contributed by atoms with Gasteiger partial charge in [0.15, 0.2) is 5.96 Å². The Bertz CT molecular complexity index is 796. The van der Waals surface area contributed by atoms with Crippen molar-refractivity contribution in [3.8, 4) is 0 Å². The second-order valence-corrected chi connectivity index (χ2v) is 7.09. The van der Waals surface area contributed by atoms with Gasteiger partial charge in [0.25, 0.3) is 5.91 Å². The number of rotatable bonds is 11. The summed E-state index contributed by atoms with van der Waals surface area (Å²) in [7, 11) is 0. The van der Waals surface area contributed by atoms with Crippen LogP contribution in [0.2, 0.25) is 0 Å². The van der Waals surface area contributed by atoms with Crippen molar-refractivity contribution in [3.63, 3.8) is 0 Å². The quantitative estimate of drug-likeness (QED) is 0.172. The first kappa shape index (κ1) is 26.9. The Hall–Kier alpha value is -2.10. The minimum absolute atomic E-state index is 0. The Morgan fingerprint density at radius 1 is 1.03 bits per heavy atom. The number of amides is 1. The second kappa shape index (κ2) is 14.8. The van der Waals surface area contributed by atoms with Crippen LogP contribution in [0.5, 0.6) is 0 Å². The molecular formula is C23H36IN5O2. The average Bonchev–Trinajstić information content (AvgIpc) is 3.18. The van der Waals surface area contributed by atoms with Crippen LogP contribution in [-0.4, -0.2) is 30.1 Å². The van der Waals surface area contributed by atoms with E-state index in [4.69, 9.17) is 4.52 Å². The molecule has 0 fully saturated rings. The van der Waals surface area contributed by atoms with Crippen molar-refractivity contribution in [1.82, 2.24) is 21.1 Å². The van der Waals surface area contributed by atoms with Crippen molar-refractivity contribution in [3.05, 3.63) is 52.4 Å². The molecule has 8 heteroatoms. The molecule has 2 aromatic rings. The summed E-state index contributed by atoms with van der Waals surface area (Å²) in [6.45, 7) is 10.9. The minimum atomic E-state index is -0.0271. The fraction of sp³-hybridized carbons (Fsp3) is 0.522. The Kier molecular flexibility index (Phi) is 12.9. The first-order chi connectivity index (χ1) is 14.6. The van der Waals surface area contributed by atoms with Crippen LogP contribution in [-0.2, 0) is 25.9 Å². The number of nitrogens with zero attached hydrogens (tertiary/aromatic N) is 2. The zero-order chi connectivity index (χ0) is 21.8. The lowest BCUT2D eigenvalue weighted by atomic mass is 10.1. The topological polar surface area (TPSA) is 91.5 Å². The van der Waals surface area contributed by atoms with E-state index in [-0.39, 0.29) is 29.9 Å². The van der Waals surface area contributed by atoms with Crippen LogP contribution < -0.4 is 16.0 Å². The van der Waals surface area contributed by atoms with E-state index in [1.165, 1.54) is 0 Å². The van der Waals surface area contributed by atoms with E-state index in [0.717, 1.165) is 60.8 Å². The second-order valence-electron chi connectivity index (χ2n) is 7.09. The molecule has 0 radical (unpaired) electrons. The molecule has 1 heterocycles. The van der Waals surface area contributed by atoms with E-state index < -0.39 is 0 Å². The number of hydrogen-bond acceptors (Lipinski definition) is 4. The fourth-order valence-electron chi connectivity index (χ4n) is 3.06. The number of aliphatic imine (C=N–C) groups is 1. The van der Waals surface area contributed by atoms with Crippen LogP contribution in [0, 0.1) is 0 Å². The number of hydrogen-bond donors (Lipinski definition) is 3. The van der Waals surface area contributed by atoms with Gasteiger partial charge >= 0.3 is 0 Å². The molecule has 7 nitrogen and oxygen atoms in total. The van der Waals surface area contributed by atoms with Gasteiger partial charge in [-0.25, -0.2) is 4.99 Å². The van der Waals surface area contributed by atoms with Gasteiger partial charge in [0.1, 0.15) is 5.76 Å².